The fourth-order valence-corrected chi connectivity index (χ4v) is 4.03. The van der Waals surface area contributed by atoms with Gasteiger partial charge in [0, 0.05) is 45.1 Å². The van der Waals surface area contributed by atoms with Crippen LogP contribution in [0.25, 0.3) is 0 Å². The summed E-state index contributed by atoms with van der Waals surface area (Å²) in [6.45, 7) is 7.82. The van der Waals surface area contributed by atoms with Crippen molar-refractivity contribution in [1.29, 1.82) is 0 Å². The number of nitrogens with two attached hydrogens (primary N) is 1. The number of hydrazine groups is 1. The van der Waals surface area contributed by atoms with Crippen LogP contribution < -0.4 is 11.3 Å². The molecule has 0 radical (unpaired) electrons. The van der Waals surface area contributed by atoms with E-state index in [4.69, 9.17) is 5.84 Å². The minimum Gasteiger partial charge on any atom is -0.323 e. The maximum Gasteiger partial charge on any atom is 0.246 e. The van der Waals surface area contributed by atoms with Gasteiger partial charge in [0.2, 0.25) is 10.0 Å². The van der Waals surface area contributed by atoms with Crippen molar-refractivity contribution in [3.05, 3.63) is 18.5 Å². The molecule has 0 aliphatic carbocycles. The van der Waals surface area contributed by atoms with Gasteiger partial charge in [-0.1, -0.05) is 13.8 Å². The van der Waals surface area contributed by atoms with Crippen LogP contribution in [-0.4, -0.2) is 55.3 Å². The molecule has 3 N–H and O–H groups in total. The van der Waals surface area contributed by atoms with Crippen molar-refractivity contribution in [2.24, 2.45) is 11.8 Å². The lowest BCUT2D eigenvalue weighted by atomic mass is 10.2. The average molecular weight is 313 g/mol. The van der Waals surface area contributed by atoms with E-state index in [1.807, 2.05) is 0 Å². The van der Waals surface area contributed by atoms with Gasteiger partial charge in [0.15, 0.2) is 0 Å². The van der Waals surface area contributed by atoms with Gasteiger partial charge >= 0.3 is 0 Å². The summed E-state index contributed by atoms with van der Waals surface area (Å²) in [5, 5.41) is 0. The Hall–Kier alpha value is -1.22. The van der Waals surface area contributed by atoms with Crippen LogP contribution >= 0.6 is 0 Å². The Morgan fingerprint density at radius 2 is 2.00 bits per heavy atom. The number of hydrogen-bond donors (Lipinski definition) is 2. The Kier molecular flexibility index (Phi) is 5.15. The number of rotatable bonds is 5. The maximum atomic E-state index is 12.7. The summed E-state index contributed by atoms with van der Waals surface area (Å²) in [6.07, 6.45) is 2.85. The molecule has 1 saturated heterocycles. The normalized spacial score (nSPS) is 18.1. The highest BCUT2D eigenvalue weighted by Gasteiger charge is 2.30. The minimum absolute atomic E-state index is 0.129. The van der Waals surface area contributed by atoms with Gasteiger partial charge in [-0.3, -0.25) is 10.8 Å². The summed E-state index contributed by atoms with van der Waals surface area (Å²) in [5.74, 6) is 5.97. The molecule has 0 unspecified atom stereocenters. The van der Waals surface area contributed by atoms with Gasteiger partial charge in [-0.15, -0.1) is 0 Å². The highest BCUT2D eigenvalue weighted by Crippen LogP contribution is 2.23. The van der Waals surface area contributed by atoms with Crippen LogP contribution in [0.1, 0.15) is 13.8 Å². The van der Waals surface area contributed by atoms with Crippen molar-refractivity contribution in [3.63, 3.8) is 0 Å². The van der Waals surface area contributed by atoms with E-state index in [1.54, 1.807) is 6.07 Å². The number of nitrogens with zero attached hydrogens (tertiary/aromatic N) is 3. The molecule has 1 fully saturated rings. The van der Waals surface area contributed by atoms with Crippen LogP contribution in [0.15, 0.2) is 23.4 Å². The highest BCUT2D eigenvalue weighted by atomic mass is 32.2. The fourth-order valence-electron chi connectivity index (χ4n) is 2.51. The van der Waals surface area contributed by atoms with Crippen LogP contribution in [0.5, 0.6) is 0 Å². The second-order valence-electron chi connectivity index (χ2n) is 5.61. The van der Waals surface area contributed by atoms with E-state index >= 15 is 0 Å². The summed E-state index contributed by atoms with van der Waals surface area (Å²) in [5.41, 5.74) is 2.79. The standard InChI is InChI=1S/C13H23N5O2S/c1-11(2)10-17-5-7-18(8-6-17)21(19,20)13-9-15-4-3-12(13)16-14/h3-4,9,11H,5-8,10,14H2,1-2H3,(H,15,16). The Morgan fingerprint density at radius 1 is 1.33 bits per heavy atom. The molecule has 0 spiro atoms. The zero-order valence-corrected chi connectivity index (χ0v) is 13.3. The van der Waals surface area contributed by atoms with Gasteiger partial charge < -0.3 is 10.3 Å². The molecule has 118 valence electrons. The van der Waals surface area contributed by atoms with Crippen LogP contribution in [-0.2, 0) is 10.0 Å². The largest absolute Gasteiger partial charge is 0.323 e. The molecule has 1 aliphatic rings. The van der Waals surface area contributed by atoms with Crippen LogP contribution in [0.2, 0.25) is 0 Å². The molecule has 0 atom stereocenters. The molecular weight excluding hydrogens is 290 g/mol. The zero-order chi connectivity index (χ0) is 15.5. The van der Waals surface area contributed by atoms with E-state index < -0.39 is 10.0 Å². The van der Waals surface area contributed by atoms with Gasteiger partial charge in [0.1, 0.15) is 4.90 Å². The van der Waals surface area contributed by atoms with Gasteiger partial charge in [0.25, 0.3) is 0 Å². The molecule has 1 aromatic rings. The topological polar surface area (TPSA) is 91.6 Å². The first-order valence-electron chi connectivity index (χ1n) is 7.08. The molecule has 0 aromatic carbocycles. The van der Waals surface area contributed by atoms with E-state index in [1.165, 1.54) is 16.7 Å². The molecule has 1 aliphatic heterocycles. The number of hydrogen-bond acceptors (Lipinski definition) is 6. The molecule has 2 rings (SSSR count). The van der Waals surface area contributed by atoms with E-state index in [2.05, 4.69) is 29.2 Å². The molecule has 7 nitrogen and oxygen atoms in total. The third-order valence-corrected chi connectivity index (χ3v) is 5.44. The van der Waals surface area contributed by atoms with Gasteiger partial charge in [-0.05, 0) is 12.0 Å². The van der Waals surface area contributed by atoms with Gasteiger partial charge in [-0.25, -0.2) is 8.42 Å². The quantitative estimate of drug-likeness (QED) is 0.601. The lowest BCUT2D eigenvalue weighted by Crippen LogP contribution is -2.49. The molecule has 21 heavy (non-hydrogen) atoms. The number of sulfonamides is 1. The third kappa shape index (κ3) is 3.70. The Labute approximate surface area is 126 Å². The Bertz CT molecular complexity index is 568. The first kappa shape index (κ1) is 16.2. The number of nitrogens with one attached hydrogen (secondary N) is 1. The molecular formula is C13H23N5O2S. The van der Waals surface area contributed by atoms with Crippen molar-refractivity contribution in [1.82, 2.24) is 14.2 Å². The van der Waals surface area contributed by atoms with Gasteiger partial charge in [-0.2, -0.15) is 4.31 Å². The first-order chi connectivity index (χ1) is 9.95. The van der Waals surface area contributed by atoms with Crippen molar-refractivity contribution in [2.45, 2.75) is 18.7 Å². The van der Waals surface area contributed by atoms with Gasteiger partial charge in [0.05, 0.1) is 5.69 Å². The van der Waals surface area contributed by atoms with Crippen molar-refractivity contribution in [2.75, 3.05) is 38.1 Å². The van der Waals surface area contributed by atoms with Crippen molar-refractivity contribution < 1.29 is 8.42 Å². The monoisotopic (exact) mass is 313 g/mol. The molecule has 0 amide bonds. The number of piperazine rings is 1. The lowest BCUT2D eigenvalue weighted by molar-refractivity contribution is 0.172. The maximum absolute atomic E-state index is 12.7. The number of anilines is 1. The lowest BCUT2D eigenvalue weighted by Gasteiger charge is -2.34. The van der Waals surface area contributed by atoms with Crippen LogP contribution in [0, 0.1) is 5.92 Å². The van der Waals surface area contributed by atoms with Crippen molar-refractivity contribution >= 4 is 15.7 Å². The van der Waals surface area contributed by atoms with Crippen LogP contribution in [0.4, 0.5) is 5.69 Å². The van der Waals surface area contributed by atoms with E-state index in [0.29, 0.717) is 24.7 Å². The highest BCUT2D eigenvalue weighted by molar-refractivity contribution is 7.89. The third-order valence-electron chi connectivity index (χ3n) is 3.51. The molecule has 2 heterocycles. The predicted molar refractivity (Wildman–Crippen MR) is 82.1 cm³/mol. The van der Waals surface area contributed by atoms with Crippen molar-refractivity contribution in [3.8, 4) is 0 Å². The summed E-state index contributed by atoms with van der Waals surface area (Å²) >= 11 is 0. The first-order valence-corrected chi connectivity index (χ1v) is 8.52. The SMILES string of the molecule is CC(C)CN1CCN(S(=O)(=O)c2cnccc2NN)CC1. The average Bonchev–Trinajstić information content (AvgIpc) is 2.47. The molecule has 0 bridgehead atoms. The molecule has 0 saturated carbocycles. The predicted octanol–water partition coefficient (Wildman–Crippen LogP) is 0.330. The number of pyridine rings is 1. The van der Waals surface area contributed by atoms with E-state index in [-0.39, 0.29) is 4.90 Å². The smallest absolute Gasteiger partial charge is 0.246 e. The minimum atomic E-state index is -3.56. The van der Waals surface area contributed by atoms with E-state index in [9.17, 15) is 8.42 Å². The summed E-state index contributed by atoms with van der Waals surface area (Å²) in [7, 11) is -3.56. The summed E-state index contributed by atoms with van der Waals surface area (Å²) in [4.78, 5) is 6.32. The number of nitrogen functional groups attached to an aromatic ring is 1. The molecule has 1 aromatic heterocycles. The number of aromatic nitrogens is 1. The summed E-state index contributed by atoms with van der Waals surface area (Å²) < 4.78 is 26.8. The van der Waals surface area contributed by atoms with Crippen LogP contribution in [0.3, 0.4) is 0 Å². The Balaban J connectivity index is 2.11. The Morgan fingerprint density at radius 3 is 2.57 bits per heavy atom. The summed E-state index contributed by atoms with van der Waals surface area (Å²) in [6, 6.07) is 1.56. The van der Waals surface area contributed by atoms with E-state index in [0.717, 1.165) is 19.6 Å². The molecule has 8 heteroatoms. The second kappa shape index (κ2) is 6.69. The zero-order valence-electron chi connectivity index (χ0n) is 12.5. The second-order valence-corrected chi connectivity index (χ2v) is 7.52. The fraction of sp³-hybridized carbons (Fsp3) is 0.615.